The molecule has 0 radical (unpaired) electrons. The maximum Gasteiger partial charge on any atom is 0.251 e. The molecular formula is C28H31N3O3. The third kappa shape index (κ3) is 7.81. The second kappa shape index (κ2) is 12.8. The minimum atomic E-state index is -0.686. The minimum Gasteiger partial charge on any atom is -0.497 e. The molecule has 0 saturated heterocycles. The molecule has 3 N–H and O–H groups in total. The number of hydrogen-bond acceptors (Lipinski definition) is 4. The van der Waals surface area contributed by atoms with Crippen molar-refractivity contribution in [1.82, 2.24) is 10.6 Å². The van der Waals surface area contributed by atoms with E-state index < -0.39 is 6.04 Å². The van der Waals surface area contributed by atoms with E-state index in [1.165, 1.54) is 0 Å². The molecule has 176 valence electrons. The molecule has 6 heteroatoms. The summed E-state index contributed by atoms with van der Waals surface area (Å²) in [5, 5.41) is 9.06. The highest BCUT2D eigenvalue weighted by atomic mass is 16.5. The molecule has 3 aromatic rings. The maximum absolute atomic E-state index is 12.9. The quantitative estimate of drug-likeness (QED) is 0.372. The molecule has 0 saturated carbocycles. The summed E-state index contributed by atoms with van der Waals surface area (Å²) < 4.78 is 5.16. The Labute approximate surface area is 201 Å². The second-order valence-corrected chi connectivity index (χ2v) is 7.89. The summed E-state index contributed by atoms with van der Waals surface area (Å²) in [6, 6.07) is 24.1. The molecule has 34 heavy (non-hydrogen) atoms. The van der Waals surface area contributed by atoms with E-state index in [0.29, 0.717) is 25.1 Å². The van der Waals surface area contributed by atoms with Crippen molar-refractivity contribution in [2.75, 3.05) is 25.5 Å². The van der Waals surface area contributed by atoms with Crippen molar-refractivity contribution in [2.24, 2.45) is 0 Å². The topological polar surface area (TPSA) is 79.5 Å². The van der Waals surface area contributed by atoms with Crippen molar-refractivity contribution in [1.29, 1.82) is 0 Å². The van der Waals surface area contributed by atoms with Crippen molar-refractivity contribution in [3.63, 3.8) is 0 Å². The molecule has 0 spiro atoms. The van der Waals surface area contributed by atoms with Gasteiger partial charge in [-0.25, -0.2) is 0 Å². The van der Waals surface area contributed by atoms with Crippen LogP contribution in [-0.4, -0.2) is 38.1 Å². The average molecular weight is 458 g/mol. The van der Waals surface area contributed by atoms with Crippen LogP contribution in [0.1, 0.15) is 27.9 Å². The minimum absolute atomic E-state index is 0.227. The summed E-state index contributed by atoms with van der Waals surface area (Å²) in [5.74, 6) is 0.290. The summed E-state index contributed by atoms with van der Waals surface area (Å²) in [6.07, 6.45) is 4.24. The fraction of sp³-hybridized carbons (Fsp3) is 0.214. The van der Waals surface area contributed by atoms with Crippen LogP contribution in [0.3, 0.4) is 0 Å². The third-order valence-corrected chi connectivity index (χ3v) is 5.23. The van der Waals surface area contributed by atoms with Crippen molar-refractivity contribution >= 4 is 23.6 Å². The van der Waals surface area contributed by atoms with E-state index in [9.17, 15) is 9.59 Å². The molecule has 3 rings (SSSR count). The predicted octanol–water partition coefficient (Wildman–Crippen LogP) is 4.43. The van der Waals surface area contributed by atoms with E-state index in [1.807, 2.05) is 91.9 Å². The van der Waals surface area contributed by atoms with Crippen LogP contribution in [0.4, 0.5) is 5.69 Å². The molecule has 0 aromatic heterocycles. The number of carbonyl (C=O) groups is 2. The summed E-state index contributed by atoms with van der Waals surface area (Å²) in [6.45, 7) is 2.90. The smallest absolute Gasteiger partial charge is 0.251 e. The Morgan fingerprint density at radius 3 is 2.41 bits per heavy atom. The lowest BCUT2D eigenvalue weighted by Gasteiger charge is -2.18. The van der Waals surface area contributed by atoms with E-state index in [-0.39, 0.29) is 11.8 Å². The maximum atomic E-state index is 12.9. The molecule has 0 aliphatic heterocycles. The molecule has 0 aliphatic rings. The standard InChI is InChI=1S/C28H31N3O3/c1-21-8-6-12-23(20-21)27(32)31-26(13-7-11-22-9-4-3-5-10-22)28(33)30-19-18-29-24-14-16-25(34-2)17-15-24/h3-12,14-17,20,26,29H,13,18-19H2,1-2H3,(H,30,33)(H,31,32)/b11-7-/t26-/m0/s1. The van der Waals surface area contributed by atoms with Crippen LogP contribution in [0.2, 0.25) is 0 Å². The molecule has 0 heterocycles. The van der Waals surface area contributed by atoms with E-state index in [1.54, 1.807) is 13.2 Å². The van der Waals surface area contributed by atoms with Gasteiger partial charge in [0.1, 0.15) is 11.8 Å². The molecule has 0 unspecified atom stereocenters. The van der Waals surface area contributed by atoms with Crippen LogP contribution in [0.15, 0.2) is 84.9 Å². The lowest BCUT2D eigenvalue weighted by atomic mass is 10.1. The van der Waals surface area contributed by atoms with E-state index in [4.69, 9.17) is 4.74 Å². The molecular weight excluding hydrogens is 426 g/mol. The van der Waals surface area contributed by atoms with Gasteiger partial charge in [-0.1, -0.05) is 60.2 Å². The van der Waals surface area contributed by atoms with Crippen molar-refractivity contribution < 1.29 is 14.3 Å². The van der Waals surface area contributed by atoms with Gasteiger partial charge in [0, 0.05) is 24.3 Å². The van der Waals surface area contributed by atoms with Gasteiger partial charge in [0.2, 0.25) is 5.91 Å². The zero-order valence-corrected chi connectivity index (χ0v) is 19.6. The molecule has 3 aromatic carbocycles. The van der Waals surface area contributed by atoms with Gasteiger partial charge in [0.25, 0.3) is 5.91 Å². The first-order valence-electron chi connectivity index (χ1n) is 11.3. The number of carbonyl (C=O) groups excluding carboxylic acids is 2. The van der Waals surface area contributed by atoms with Crippen LogP contribution in [0.5, 0.6) is 5.75 Å². The molecule has 0 bridgehead atoms. The first-order valence-corrected chi connectivity index (χ1v) is 11.3. The first-order chi connectivity index (χ1) is 16.5. The van der Waals surface area contributed by atoms with Crippen LogP contribution in [-0.2, 0) is 4.79 Å². The Morgan fingerprint density at radius 2 is 1.71 bits per heavy atom. The number of aryl methyl sites for hydroxylation is 1. The fourth-order valence-electron chi connectivity index (χ4n) is 3.39. The van der Waals surface area contributed by atoms with Crippen molar-refractivity contribution in [3.8, 4) is 5.75 Å². The van der Waals surface area contributed by atoms with Gasteiger partial charge in [-0.2, -0.15) is 0 Å². The highest BCUT2D eigenvalue weighted by molar-refractivity contribution is 5.97. The Bertz CT molecular complexity index is 1100. The van der Waals surface area contributed by atoms with Gasteiger partial charge >= 0.3 is 0 Å². The van der Waals surface area contributed by atoms with Gasteiger partial charge in [-0.3, -0.25) is 9.59 Å². The molecule has 0 fully saturated rings. The van der Waals surface area contributed by atoms with Crippen molar-refractivity contribution in [2.45, 2.75) is 19.4 Å². The first kappa shape index (κ1) is 24.6. The number of anilines is 1. The number of rotatable bonds is 11. The number of ether oxygens (including phenoxy) is 1. The molecule has 1 atom stereocenters. The van der Waals surface area contributed by atoms with Crippen LogP contribution in [0, 0.1) is 6.92 Å². The number of amides is 2. The Kier molecular flexibility index (Phi) is 9.29. The molecule has 6 nitrogen and oxygen atoms in total. The third-order valence-electron chi connectivity index (χ3n) is 5.23. The van der Waals surface area contributed by atoms with Crippen LogP contribution >= 0.6 is 0 Å². The molecule has 2 amide bonds. The van der Waals surface area contributed by atoms with E-state index >= 15 is 0 Å². The summed E-state index contributed by atoms with van der Waals surface area (Å²) in [4.78, 5) is 25.7. The van der Waals surface area contributed by atoms with Gasteiger partial charge in [0.05, 0.1) is 7.11 Å². The Balaban J connectivity index is 1.58. The monoisotopic (exact) mass is 457 g/mol. The lowest BCUT2D eigenvalue weighted by molar-refractivity contribution is -0.122. The second-order valence-electron chi connectivity index (χ2n) is 7.89. The zero-order valence-electron chi connectivity index (χ0n) is 19.6. The number of nitrogens with one attached hydrogen (secondary N) is 3. The fourth-order valence-corrected chi connectivity index (χ4v) is 3.39. The Hall–Kier alpha value is -4.06. The highest BCUT2D eigenvalue weighted by Crippen LogP contribution is 2.14. The predicted molar refractivity (Wildman–Crippen MR) is 137 cm³/mol. The van der Waals surface area contributed by atoms with Gasteiger partial charge in [-0.05, 0) is 55.3 Å². The largest absolute Gasteiger partial charge is 0.497 e. The summed E-state index contributed by atoms with van der Waals surface area (Å²) >= 11 is 0. The number of hydrogen-bond donors (Lipinski definition) is 3. The average Bonchev–Trinajstić information content (AvgIpc) is 2.86. The summed E-state index contributed by atoms with van der Waals surface area (Å²) in [5.41, 5.74) is 3.49. The van der Waals surface area contributed by atoms with E-state index in [2.05, 4.69) is 16.0 Å². The summed E-state index contributed by atoms with van der Waals surface area (Å²) in [7, 11) is 1.63. The lowest BCUT2D eigenvalue weighted by Crippen LogP contribution is -2.47. The van der Waals surface area contributed by atoms with Crippen molar-refractivity contribution in [3.05, 3.63) is 102 Å². The van der Waals surface area contributed by atoms with Gasteiger partial charge in [-0.15, -0.1) is 0 Å². The van der Waals surface area contributed by atoms with E-state index in [0.717, 1.165) is 22.6 Å². The Morgan fingerprint density at radius 1 is 0.941 bits per heavy atom. The van der Waals surface area contributed by atoms with Crippen LogP contribution < -0.4 is 20.7 Å². The molecule has 0 aliphatic carbocycles. The number of benzene rings is 3. The number of methoxy groups -OCH3 is 1. The SMILES string of the molecule is COc1ccc(NCCNC(=O)[C@H](C/C=C\c2ccccc2)NC(=O)c2cccc(C)c2)cc1. The van der Waals surface area contributed by atoms with Gasteiger partial charge < -0.3 is 20.7 Å². The van der Waals surface area contributed by atoms with Crippen LogP contribution in [0.25, 0.3) is 6.08 Å². The normalized spacial score (nSPS) is 11.6. The van der Waals surface area contributed by atoms with Gasteiger partial charge in [0.15, 0.2) is 0 Å². The zero-order chi connectivity index (χ0) is 24.2. The highest BCUT2D eigenvalue weighted by Gasteiger charge is 2.20.